The largest absolute Gasteiger partial charge is 0.348 e. The number of nitrogens with one attached hydrogen (secondary N) is 4. The van der Waals surface area contributed by atoms with Crippen molar-refractivity contribution in [3.63, 3.8) is 0 Å². The van der Waals surface area contributed by atoms with Gasteiger partial charge in [-0.2, -0.15) is 15.4 Å². The summed E-state index contributed by atoms with van der Waals surface area (Å²) in [5.41, 5.74) is 2.14. The Balaban J connectivity index is 1.41. The molecule has 3 aromatic rings. The van der Waals surface area contributed by atoms with Crippen LogP contribution in [-0.2, 0) is 38.6 Å². The molecule has 0 bridgehead atoms. The maximum absolute atomic E-state index is 13.4. The first-order chi connectivity index (χ1) is 18.9. The molecule has 4 amide bonds. The second-order valence-electron chi connectivity index (χ2n) is 9.46. The number of hydrogen-bond acceptors (Lipinski definition) is 7. The van der Waals surface area contributed by atoms with Crippen LogP contribution in [0, 0.1) is 5.92 Å². The molecule has 0 saturated heterocycles. The van der Waals surface area contributed by atoms with E-state index in [-0.39, 0.29) is 37.2 Å². The third kappa shape index (κ3) is 6.83. The maximum atomic E-state index is 13.4. The van der Waals surface area contributed by atoms with Crippen LogP contribution in [0.4, 0.5) is 5.82 Å². The fourth-order valence-corrected chi connectivity index (χ4v) is 4.43. The number of pyridine rings is 1. The second-order valence-corrected chi connectivity index (χ2v) is 9.46. The number of benzene rings is 1. The minimum Gasteiger partial charge on any atom is -0.348 e. The number of rotatable bonds is 11. The molecule has 4 rings (SSSR count). The van der Waals surface area contributed by atoms with E-state index in [1.807, 2.05) is 50.2 Å². The van der Waals surface area contributed by atoms with Crippen LogP contribution in [0.3, 0.4) is 0 Å². The molecule has 12 nitrogen and oxygen atoms in total. The molecule has 0 aliphatic carbocycles. The SMILES string of the molecule is CC[C@H](C)[C@H](NC(=O)Cc1ccccc1)C(=O)NCC(=O)N1c2ncccc2C[C@H]1C(=O)NCc1cn[nH]n1. The van der Waals surface area contributed by atoms with Gasteiger partial charge in [-0.25, -0.2) is 4.98 Å². The summed E-state index contributed by atoms with van der Waals surface area (Å²) in [6, 6.07) is 11.2. The lowest BCUT2D eigenvalue weighted by molar-refractivity contribution is -0.131. The molecule has 0 radical (unpaired) electrons. The zero-order valence-corrected chi connectivity index (χ0v) is 21.9. The molecule has 0 unspecified atom stereocenters. The number of aromatic amines is 1. The van der Waals surface area contributed by atoms with E-state index in [1.165, 1.54) is 11.1 Å². The van der Waals surface area contributed by atoms with Crippen LogP contribution in [0.1, 0.15) is 37.1 Å². The van der Waals surface area contributed by atoms with Crippen LogP contribution in [-0.4, -0.2) is 62.7 Å². The second kappa shape index (κ2) is 12.8. The molecule has 2 aromatic heterocycles. The summed E-state index contributed by atoms with van der Waals surface area (Å²) < 4.78 is 0. The summed E-state index contributed by atoms with van der Waals surface area (Å²) in [5.74, 6) is -1.39. The van der Waals surface area contributed by atoms with Crippen molar-refractivity contribution in [2.24, 2.45) is 5.92 Å². The molecule has 1 aromatic carbocycles. The van der Waals surface area contributed by atoms with Gasteiger partial charge in [0.05, 0.1) is 25.7 Å². The Morgan fingerprint density at radius 3 is 2.62 bits per heavy atom. The number of amides is 4. The van der Waals surface area contributed by atoms with Gasteiger partial charge in [-0.1, -0.05) is 56.7 Å². The number of hydrogen-bond donors (Lipinski definition) is 4. The van der Waals surface area contributed by atoms with Crippen LogP contribution in [0.25, 0.3) is 0 Å². The zero-order valence-electron chi connectivity index (χ0n) is 21.9. The van der Waals surface area contributed by atoms with E-state index in [2.05, 4.69) is 36.3 Å². The lowest BCUT2D eigenvalue weighted by Crippen LogP contribution is -2.54. The summed E-state index contributed by atoms with van der Waals surface area (Å²) in [4.78, 5) is 57.8. The van der Waals surface area contributed by atoms with Crippen LogP contribution in [0.2, 0.25) is 0 Å². The molecule has 3 heterocycles. The van der Waals surface area contributed by atoms with Gasteiger partial charge in [-0.05, 0) is 23.1 Å². The van der Waals surface area contributed by atoms with E-state index in [0.717, 1.165) is 11.1 Å². The summed E-state index contributed by atoms with van der Waals surface area (Å²) >= 11 is 0. The van der Waals surface area contributed by atoms with Crippen molar-refractivity contribution < 1.29 is 19.2 Å². The number of H-pyrrole nitrogens is 1. The third-order valence-electron chi connectivity index (χ3n) is 6.73. The molecule has 204 valence electrons. The quantitative estimate of drug-likeness (QED) is 0.282. The van der Waals surface area contributed by atoms with Gasteiger partial charge in [0.2, 0.25) is 23.6 Å². The minimum atomic E-state index is -0.831. The standard InChI is InChI=1S/C27H32N8O4/c1-3-17(2)24(32-22(36)12-18-8-5-4-6-9-18)27(39)30-16-23(37)35-21(13-19-10-7-11-28-25(19)35)26(38)29-14-20-15-31-34-33-20/h4-11,15,17,21,24H,3,12-14,16H2,1-2H3,(H,29,38)(H,30,39)(H,32,36)(H,31,33,34)/t17-,21-,24-/m0/s1. The van der Waals surface area contributed by atoms with Crippen LogP contribution in [0.5, 0.6) is 0 Å². The fraction of sp³-hybridized carbons (Fsp3) is 0.370. The Hall–Kier alpha value is -4.61. The van der Waals surface area contributed by atoms with E-state index in [0.29, 0.717) is 24.4 Å². The summed E-state index contributed by atoms with van der Waals surface area (Å²) in [5, 5.41) is 18.4. The van der Waals surface area contributed by atoms with Crippen molar-refractivity contribution in [3.05, 3.63) is 71.7 Å². The number of nitrogens with zero attached hydrogens (tertiary/aromatic N) is 4. The van der Waals surface area contributed by atoms with Crippen LogP contribution >= 0.6 is 0 Å². The fourth-order valence-electron chi connectivity index (χ4n) is 4.43. The Bertz CT molecular complexity index is 1300. The smallest absolute Gasteiger partial charge is 0.248 e. The first-order valence-corrected chi connectivity index (χ1v) is 12.9. The Kier molecular flexibility index (Phi) is 8.97. The van der Waals surface area contributed by atoms with Gasteiger partial charge >= 0.3 is 0 Å². The van der Waals surface area contributed by atoms with Gasteiger partial charge in [-0.3, -0.25) is 24.1 Å². The van der Waals surface area contributed by atoms with Gasteiger partial charge in [-0.15, -0.1) is 0 Å². The molecular formula is C27H32N8O4. The monoisotopic (exact) mass is 532 g/mol. The number of carbonyl (C=O) groups is 4. The predicted molar refractivity (Wildman–Crippen MR) is 142 cm³/mol. The summed E-state index contributed by atoms with van der Waals surface area (Å²) in [6.07, 6.45) is 4.12. The Morgan fingerprint density at radius 1 is 1.10 bits per heavy atom. The van der Waals surface area contributed by atoms with E-state index in [9.17, 15) is 19.2 Å². The molecule has 0 spiro atoms. The van der Waals surface area contributed by atoms with Crippen molar-refractivity contribution >= 4 is 29.4 Å². The van der Waals surface area contributed by atoms with Gasteiger partial charge in [0, 0.05) is 12.6 Å². The highest BCUT2D eigenvalue weighted by atomic mass is 16.2. The van der Waals surface area contributed by atoms with E-state index < -0.39 is 23.9 Å². The van der Waals surface area contributed by atoms with Gasteiger partial charge in [0.25, 0.3) is 0 Å². The molecule has 4 N–H and O–H groups in total. The summed E-state index contributed by atoms with van der Waals surface area (Å²) in [6.45, 7) is 3.58. The highest BCUT2D eigenvalue weighted by Crippen LogP contribution is 2.30. The van der Waals surface area contributed by atoms with E-state index in [1.54, 1.807) is 12.3 Å². The third-order valence-corrected chi connectivity index (χ3v) is 6.73. The zero-order chi connectivity index (χ0) is 27.8. The molecule has 1 aliphatic rings. The van der Waals surface area contributed by atoms with Crippen molar-refractivity contribution in [2.75, 3.05) is 11.4 Å². The molecule has 1 aliphatic heterocycles. The molecule has 12 heteroatoms. The number of fused-ring (bicyclic) bond motifs is 1. The van der Waals surface area contributed by atoms with Crippen molar-refractivity contribution in [2.45, 2.75) is 51.7 Å². The normalized spacial score (nSPS) is 15.6. The average Bonchev–Trinajstić information content (AvgIpc) is 3.61. The number of carbonyl (C=O) groups excluding carboxylic acids is 4. The predicted octanol–water partition coefficient (Wildman–Crippen LogP) is 0.664. The highest BCUT2D eigenvalue weighted by Gasteiger charge is 2.39. The van der Waals surface area contributed by atoms with Gasteiger partial charge < -0.3 is 16.0 Å². The van der Waals surface area contributed by atoms with Crippen LogP contribution in [0.15, 0.2) is 54.9 Å². The van der Waals surface area contributed by atoms with Gasteiger partial charge in [0.15, 0.2) is 0 Å². The van der Waals surface area contributed by atoms with Crippen molar-refractivity contribution in [1.82, 2.24) is 36.3 Å². The molecule has 0 fully saturated rings. The first-order valence-electron chi connectivity index (χ1n) is 12.9. The molecule has 0 saturated carbocycles. The number of aromatic nitrogens is 4. The first kappa shape index (κ1) is 27.4. The van der Waals surface area contributed by atoms with Crippen molar-refractivity contribution in [1.29, 1.82) is 0 Å². The highest BCUT2D eigenvalue weighted by molar-refractivity contribution is 6.04. The lowest BCUT2D eigenvalue weighted by atomic mass is 9.98. The lowest BCUT2D eigenvalue weighted by Gasteiger charge is -2.26. The Morgan fingerprint density at radius 2 is 1.90 bits per heavy atom. The van der Waals surface area contributed by atoms with E-state index in [4.69, 9.17) is 0 Å². The Labute approximate surface area is 226 Å². The van der Waals surface area contributed by atoms with Gasteiger partial charge in [0.1, 0.15) is 23.6 Å². The van der Waals surface area contributed by atoms with Crippen molar-refractivity contribution in [3.8, 4) is 0 Å². The topological polar surface area (TPSA) is 162 Å². The maximum Gasteiger partial charge on any atom is 0.248 e. The summed E-state index contributed by atoms with van der Waals surface area (Å²) in [7, 11) is 0. The average molecular weight is 533 g/mol. The molecule has 3 atom stereocenters. The minimum absolute atomic E-state index is 0.140. The van der Waals surface area contributed by atoms with E-state index >= 15 is 0 Å². The molecule has 39 heavy (non-hydrogen) atoms. The molecular weight excluding hydrogens is 500 g/mol. The van der Waals surface area contributed by atoms with Crippen LogP contribution < -0.4 is 20.9 Å². The number of anilines is 1.